The standard InChI is InChI=1S/C16H15FN4.ClH/c17-13-4-1-3-12(11-13)14-5-2-9-20(14)16-7-6-15-18-8-10-21(15)19-16;/h1,3-4,6-8,10-11,14H,2,5,9H2;1H. The first-order valence-electron chi connectivity index (χ1n) is 7.14. The van der Waals surface area contributed by atoms with Crippen LogP contribution in [0.2, 0.25) is 0 Å². The van der Waals surface area contributed by atoms with Gasteiger partial charge in [-0.2, -0.15) is 0 Å². The highest BCUT2D eigenvalue weighted by Crippen LogP contribution is 2.35. The topological polar surface area (TPSA) is 33.4 Å². The van der Waals surface area contributed by atoms with Gasteiger partial charge in [0.15, 0.2) is 5.65 Å². The second-order valence-electron chi connectivity index (χ2n) is 5.33. The molecule has 1 aliphatic heterocycles. The maximum Gasteiger partial charge on any atom is 0.153 e. The maximum absolute atomic E-state index is 13.5. The Labute approximate surface area is 134 Å². The molecule has 0 spiro atoms. The van der Waals surface area contributed by atoms with Gasteiger partial charge in [-0.1, -0.05) is 12.1 Å². The highest BCUT2D eigenvalue weighted by molar-refractivity contribution is 5.85. The van der Waals surface area contributed by atoms with E-state index in [1.54, 1.807) is 22.8 Å². The Morgan fingerprint density at radius 1 is 1.18 bits per heavy atom. The Morgan fingerprint density at radius 2 is 2.09 bits per heavy atom. The fraction of sp³-hybridized carbons (Fsp3) is 0.250. The van der Waals surface area contributed by atoms with Crippen LogP contribution in [0, 0.1) is 5.82 Å². The minimum Gasteiger partial charge on any atom is -0.348 e. The molecule has 0 bridgehead atoms. The lowest BCUT2D eigenvalue weighted by atomic mass is 10.0. The number of benzene rings is 1. The Hall–Kier alpha value is -2.14. The number of hydrogen-bond acceptors (Lipinski definition) is 3. The van der Waals surface area contributed by atoms with Crippen molar-refractivity contribution < 1.29 is 4.39 Å². The number of hydrogen-bond donors (Lipinski definition) is 0. The molecule has 1 fully saturated rings. The van der Waals surface area contributed by atoms with E-state index in [0.717, 1.165) is 36.4 Å². The van der Waals surface area contributed by atoms with Crippen molar-refractivity contribution in [3.05, 3.63) is 60.2 Å². The number of aromatic nitrogens is 3. The first kappa shape index (κ1) is 14.8. The zero-order valence-corrected chi connectivity index (χ0v) is 12.7. The zero-order chi connectivity index (χ0) is 14.2. The van der Waals surface area contributed by atoms with Gasteiger partial charge in [-0.25, -0.2) is 13.9 Å². The van der Waals surface area contributed by atoms with Crippen molar-refractivity contribution in [2.75, 3.05) is 11.4 Å². The summed E-state index contributed by atoms with van der Waals surface area (Å²) in [5, 5.41) is 4.60. The van der Waals surface area contributed by atoms with Gasteiger partial charge in [0, 0.05) is 18.9 Å². The molecular formula is C16H16ClFN4. The van der Waals surface area contributed by atoms with Crippen LogP contribution in [0.25, 0.3) is 5.65 Å². The van der Waals surface area contributed by atoms with Gasteiger partial charge in [-0.3, -0.25) is 0 Å². The summed E-state index contributed by atoms with van der Waals surface area (Å²) in [6.07, 6.45) is 5.68. The second-order valence-corrected chi connectivity index (χ2v) is 5.33. The van der Waals surface area contributed by atoms with Gasteiger partial charge in [-0.15, -0.1) is 17.5 Å². The highest BCUT2D eigenvalue weighted by Gasteiger charge is 2.27. The fourth-order valence-corrected chi connectivity index (χ4v) is 3.06. The van der Waals surface area contributed by atoms with Crippen LogP contribution in [0.1, 0.15) is 24.4 Å². The molecule has 1 saturated heterocycles. The Kier molecular flexibility index (Phi) is 3.98. The van der Waals surface area contributed by atoms with E-state index in [2.05, 4.69) is 15.0 Å². The normalized spacial score (nSPS) is 17.7. The van der Waals surface area contributed by atoms with Gasteiger partial charge >= 0.3 is 0 Å². The first-order valence-corrected chi connectivity index (χ1v) is 7.14. The van der Waals surface area contributed by atoms with Crippen LogP contribution in [-0.2, 0) is 0 Å². The van der Waals surface area contributed by atoms with E-state index >= 15 is 0 Å². The maximum atomic E-state index is 13.5. The van der Waals surface area contributed by atoms with E-state index in [9.17, 15) is 4.39 Å². The van der Waals surface area contributed by atoms with Crippen molar-refractivity contribution in [3.8, 4) is 0 Å². The minimum absolute atomic E-state index is 0. The third-order valence-electron chi connectivity index (χ3n) is 4.02. The molecule has 1 atom stereocenters. The van der Waals surface area contributed by atoms with Gasteiger partial charge < -0.3 is 4.90 Å². The summed E-state index contributed by atoms with van der Waals surface area (Å²) in [4.78, 5) is 6.45. The molecule has 0 amide bonds. The lowest BCUT2D eigenvalue weighted by Gasteiger charge is -2.26. The van der Waals surface area contributed by atoms with Crippen LogP contribution in [0.15, 0.2) is 48.8 Å². The second kappa shape index (κ2) is 5.93. The van der Waals surface area contributed by atoms with Crippen LogP contribution < -0.4 is 4.90 Å². The summed E-state index contributed by atoms with van der Waals surface area (Å²) in [6.45, 7) is 0.939. The molecule has 22 heavy (non-hydrogen) atoms. The number of nitrogens with zero attached hydrogens (tertiary/aromatic N) is 4. The number of anilines is 1. The van der Waals surface area contributed by atoms with Crippen molar-refractivity contribution in [3.63, 3.8) is 0 Å². The molecule has 4 rings (SSSR count). The third-order valence-corrected chi connectivity index (χ3v) is 4.02. The van der Waals surface area contributed by atoms with E-state index in [0.29, 0.717) is 0 Å². The average molecular weight is 319 g/mol. The summed E-state index contributed by atoms with van der Waals surface area (Å²) >= 11 is 0. The van der Waals surface area contributed by atoms with Crippen LogP contribution >= 0.6 is 12.4 Å². The van der Waals surface area contributed by atoms with Gasteiger partial charge in [0.05, 0.1) is 6.04 Å². The molecular weight excluding hydrogens is 303 g/mol. The van der Waals surface area contributed by atoms with Crippen molar-refractivity contribution >= 4 is 23.9 Å². The average Bonchev–Trinajstić information content (AvgIpc) is 3.15. The number of fused-ring (bicyclic) bond motifs is 1. The molecule has 2 aromatic heterocycles. The molecule has 0 N–H and O–H groups in total. The highest BCUT2D eigenvalue weighted by atomic mass is 35.5. The Morgan fingerprint density at radius 3 is 2.95 bits per heavy atom. The molecule has 3 aromatic rings. The first-order chi connectivity index (χ1) is 10.3. The van der Waals surface area contributed by atoms with Crippen LogP contribution in [0.4, 0.5) is 10.2 Å². The van der Waals surface area contributed by atoms with Crippen molar-refractivity contribution in [1.82, 2.24) is 14.6 Å². The van der Waals surface area contributed by atoms with E-state index in [1.807, 2.05) is 24.4 Å². The van der Waals surface area contributed by atoms with Gasteiger partial charge in [0.25, 0.3) is 0 Å². The summed E-state index contributed by atoms with van der Waals surface area (Å²) in [5.74, 6) is 0.727. The fourth-order valence-electron chi connectivity index (χ4n) is 3.06. The predicted octanol–water partition coefficient (Wildman–Crippen LogP) is 3.63. The van der Waals surface area contributed by atoms with E-state index in [4.69, 9.17) is 0 Å². The Bertz CT molecular complexity index is 788. The molecule has 1 aliphatic rings. The molecule has 3 heterocycles. The summed E-state index contributed by atoms with van der Waals surface area (Å²) in [6, 6.07) is 11.0. The molecule has 114 valence electrons. The third kappa shape index (κ3) is 2.52. The SMILES string of the molecule is Cl.Fc1cccc(C2CCCN2c2ccc3nccn3n2)c1. The number of halogens is 2. The van der Waals surface area contributed by atoms with Crippen molar-refractivity contribution in [1.29, 1.82) is 0 Å². The van der Waals surface area contributed by atoms with E-state index in [1.165, 1.54) is 6.07 Å². The van der Waals surface area contributed by atoms with Crippen molar-refractivity contribution in [2.45, 2.75) is 18.9 Å². The molecule has 6 heteroatoms. The smallest absolute Gasteiger partial charge is 0.153 e. The lowest BCUT2D eigenvalue weighted by molar-refractivity contribution is 0.617. The van der Waals surface area contributed by atoms with Gasteiger partial charge in [0.2, 0.25) is 0 Å². The molecule has 1 unspecified atom stereocenters. The summed E-state index contributed by atoms with van der Waals surface area (Å²) in [5.41, 5.74) is 1.85. The van der Waals surface area contributed by atoms with Crippen molar-refractivity contribution in [2.24, 2.45) is 0 Å². The van der Waals surface area contributed by atoms with Crippen LogP contribution in [0.5, 0.6) is 0 Å². The van der Waals surface area contributed by atoms with Crippen LogP contribution in [-0.4, -0.2) is 21.1 Å². The monoisotopic (exact) mass is 318 g/mol. The number of imidazole rings is 1. The number of rotatable bonds is 2. The summed E-state index contributed by atoms with van der Waals surface area (Å²) < 4.78 is 15.2. The minimum atomic E-state index is -0.183. The summed E-state index contributed by atoms with van der Waals surface area (Å²) in [7, 11) is 0. The van der Waals surface area contributed by atoms with E-state index < -0.39 is 0 Å². The largest absolute Gasteiger partial charge is 0.348 e. The predicted molar refractivity (Wildman–Crippen MR) is 86.0 cm³/mol. The molecule has 1 aromatic carbocycles. The molecule has 4 nitrogen and oxygen atoms in total. The molecule has 0 radical (unpaired) electrons. The molecule has 0 saturated carbocycles. The lowest BCUT2D eigenvalue weighted by Crippen LogP contribution is -2.24. The Balaban J connectivity index is 0.00000144. The van der Waals surface area contributed by atoms with Gasteiger partial charge in [-0.05, 0) is 42.7 Å². The van der Waals surface area contributed by atoms with Crippen LogP contribution in [0.3, 0.4) is 0 Å². The zero-order valence-electron chi connectivity index (χ0n) is 11.9. The van der Waals surface area contributed by atoms with E-state index in [-0.39, 0.29) is 24.3 Å². The van der Waals surface area contributed by atoms with Gasteiger partial charge in [0.1, 0.15) is 11.6 Å². The molecule has 0 aliphatic carbocycles. The quantitative estimate of drug-likeness (QED) is 0.723.